The van der Waals surface area contributed by atoms with Gasteiger partial charge in [-0.3, -0.25) is 4.79 Å². The summed E-state index contributed by atoms with van der Waals surface area (Å²) in [5.41, 5.74) is 0.845. The number of furan rings is 1. The SMILES string of the molecule is CN1CCN(C(=O)C(C#N)=Cc2ccc(-c3ccccc3Cl)o2)CC1. The minimum atomic E-state index is -0.258. The van der Waals surface area contributed by atoms with Crippen LogP contribution in [0.4, 0.5) is 0 Å². The second-order valence-corrected chi connectivity index (χ2v) is 6.35. The van der Waals surface area contributed by atoms with E-state index in [4.69, 9.17) is 16.0 Å². The zero-order chi connectivity index (χ0) is 17.8. The lowest BCUT2D eigenvalue weighted by Gasteiger charge is -2.32. The molecule has 25 heavy (non-hydrogen) atoms. The maximum absolute atomic E-state index is 12.5. The predicted molar refractivity (Wildman–Crippen MR) is 96.8 cm³/mol. The molecule has 0 N–H and O–H groups in total. The highest BCUT2D eigenvalue weighted by Crippen LogP contribution is 2.29. The number of nitrogens with zero attached hydrogens (tertiary/aromatic N) is 3. The molecule has 0 bridgehead atoms. The van der Waals surface area contributed by atoms with Crippen molar-refractivity contribution in [3.8, 4) is 17.4 Å². The first-order valence-electron chi connectivity index (χ1n) is 8.03. The highest BCUT2D eigenvalue weighted by molar-refractivity contribution is 6.33. The van der Waals surface area contributed by atoms with Crippen LogP contribution in [0.1, 0.15) is 5.76 Å². The molecule has 6 heteroatoms. The van der Waals surface area contributed by atoms with Gasteiger partial charge in [-0.15, -0.1) is 0 Å². The fourth-order valence-electron chi connectivity index (χ4n) is 2.70. The van der Waals surface area contributed by atoms with E-state index in [9.17, 15) is 10.1 Å². The Morgan fingerprint density at radius 3 is 2.60 bits per heavy atom. The van der Waals surface area contributed by atoms with Crippen LogP contribution in [-0.2, 0) is 4.79 Å². The van der Waals surface area contributed by atoms with E-state index in [0.29, 0.717) is 29.6 Å². The summed E-state index contributed by atoms with van der Waals surface area (Å²) in [7, 11) is 2.02. The average molecular weight is 356 g/mol. The van der Waals surface area contributed by atoms with Crippen molar-refractivity contribution in [2.24, 2.45) is 0 Å². The molecule has 1 fully saturated rings. The summed E-state index contributed by atoms with van der Waals surface area (Å²) in [5, 5.41) is 9.95. The molecule has 1 aromatic carbocycles. The second kappa shape index (κ2) is 7.56. The Hall–Kier alpha value is -2.55. The van der Waals surface area contributed by atoms with E-state index in [1.807, 2.05) is 31.3 Å². The van der Waals surface area contributed by atoms with Crippen LogP contribution in [0.25, 0.3) is 17.4 Å². The molecule has 2 heterocycles. The maximum atomic E-state index is 12.5. The molecule has 0 saturated carbocycles. The molecule has 5 nitrogen and oxygen atoms in total. The van der Waals surface area contributed by atoms with Gasteiger partial charge in [0.1, 0.15) is 23.2 Å². The fraction of sp³-hybridized carbons (Fsp3) is 0.263. The Morgan fingerprint density at radius 2 is 1.92 bits per heavy atom. The van der Waals surface area contributed by atoms with E-state index >= 15 is 0 Å². The summed E-state index contributed by atoms with van der Waals surface area (Å²) in [5.74, 6) is 0.793. The third-order valence-electron chi connectivity index (χ3n) is 4.19. The molecule has 0 spiro atoms. The monoisotopic (exact) mass is 355 g/mol. The van der Waals surface area contributed by atoms with Gasteiger partial charge in [0.25, 0.3) is 5.91 Å². The molecule has 128 valence electrons. The molecular weight excluding hydrogens is 338 g/mol. The largest absolute Gasteiger partial charge is 0.457 e. The number of nitriles is 1. The number of amides is 1. The quantitative estimate of drug-likeness (QED) is 0.626. The number of rotatable bonds is 3. The predicted octanol–water partition coefficient (Wildman–Crippen LogP) is 3.28. The lowest BCUT2D eigenvalue weighted by atomic mass is 10.2. The van der Waals surface area contributed by atoms with Crippen LogP contribution in [0.15, 0.2) is 46.4 Å². The van der Waals surface area contributed by atoms with Crippen LogP contribution < -0.4 is 0 Å². The summed E-state index contributed by atoms with van der Waals surface area (Å²) in [6.07, 6.45) is 1.49. The van der Waals surface area contributed by atoms with Crippen LogP contribution in [0.5, 0.6) is 0 Å². The van der Waals surface area contributed by atoms with Crippen molar-refractivity contribution in [2.45, 2.75) is 0 Å². The van der Waals surface area contributed by atoms with Crippen molar-refractivity contribution in [1.29, 1.82) is 5.26 Å². The fourth-order valence-corrected chi connectivity index (χ4v) is 2.93. The topological polar surface area (TPSA) is 60.5 Å². The Balaban J connectivity index is 1.80. The van der Waals surface area contributed by atoms with E-state index in [1.54, 1.807) is 23.1 Å². The van der Waals surface area contributed by atoms with Crippen LogP contribution in [0, 0.1) is 11.3 Å². The summed E-state index contributed by atoms with van der Waals surface area (Å²) in [4.78, 5) is 16.4. The summed E-state index contributed by atoms with van der Waals surface area (Å²) in [6, 6.07) is 12.9. The summed E-state index contributed by atoms with van der Waals surface area (Å²) < 4.78 is 5.75. The zero-order valence-electron chi connectivity index (χ0n) is 13.9. The number of hydrogen-bond acceptors (Lipinski definition) is 4. The molecule has 0 unspecified atom stereocenters. The van der Waals surface area contributed by atoms with Gasteiger partial charge in [0, 0.05) is 37.8 Å². The molecule has 2 aromatic rings. The molecule has 3 rings (SSSR count). The molecule has 1 saturated heterocycles. The Kier molecular flexibility index (Phi) is 5.22. The third kappa shape index (κ3) is 3.93. The Morgan fingerprint density at radius 1 is 1.20 bits per heavy atom. The first-order valence-corrected chi connectivity index (χ1v) is 8.40. The van der Waals surface area contributed by atoms with E-state index < -0.39 is 0 Å². The van der Waals surface area contributed by atoms with Crippen LogP contribution in [0.2, 0.25) is 5.02 Å². The lowest BCUT2D eigenvalue weighted by molar-refractivity contribution is -0.128. The van der Waals surface area contributed by atoms with E-state index in [1.165, 1.54) is 6.08 Å². The molecule has 0 aliphatic carbocycles. The van der Waals surface area contributed by atoms with Gasteiger partial charge in [-0.2, -0.15) is 5.26 Å². The van der Waals surface area contributed by atoms with Crippen molar-refractivity contribution in [3.63, 3.8) is 0 Å². The smallest absolute Gasteiger partial charge is 0.264 e. The summed E-state index contributed by atoms with van der Waals surface area (Å²) >= 11 is 6.17. The lowest BCUT2D eigenvalue weighted by Crippen LogP contribution is -2.47. The number of carbonyl (C=O) groups is 1. The molecule has 1 aliphatic heterocycles. The standard InChI is InChI=1S/C19H18ClN3O2/c1-22-8-10-23(11-9-22)19(24)14(13-21)12-15-6-7-18(25-15)16-4-2-3-5-17(16)20/h2-7,12H,8-11H2,1H3. The second-order valence-electron chi connectivity index (χ2n) is 5.95. The van der Waals surface area contributed by atoms with Gasteiger partial charge in [0.2, 0.25) is 0 Å². The van der Waals surface area contributed by atoms with E-state index in [-0.39, 0.29) is 11.5 Å². The first-order chi connectivity index (χ1) is 12.1. The van der Waals surface area contributed by atoms with Crippen LogP contribution in [0.3, 0.4) is 0 Å². The number of likely N-dealkylation sites (N-methyl/N-ethyl adjacent to an activating group) is 1. The third-order valence-corrected chi connectivity index (χ3v) is 4.52. The molecule has 1 aromatic heterocycles. The van der Waals surface area contributed by atoms with Crippen molar-refractivity contribution >= 4 is 23.6 Å². The Bertz CT molecular complexity index is 842. The number of hydrogen-bond donors (Lipinski definition) is 0. The van der Waals surface area contributed by atoms with Crippen molar-refractivity contribution in [1.82, 2.24) is 9.80 Å². The molecule has 0 radical (unpaired) electrons. The van der Waals surface area contributed by atoms with Gasteiger partial charge < -0.3 is 14.2 Å². The normalized spacial score (nSPS) is 15.9. The van der Waals surface area contributed by atoms with Crippen LogP contribution >= 0.6 is 11.6 Å². The van der Waals surface area contributed by atoms with Crippen molar-refractivity contribution in [3.05, 3.63) is 52.8 Å². The molecule has 1 amide bonds. The van der Waals surface area contributed by atoms with Crippen molar-refractivity contribution in [2.75, 3.05) is 33.2 Å². The highest BCUT2D eigenvalue weighted by atomic mass is 35.5. The van der Waals surface area contributed by atoms with Gasteiger partial charge >= 0.3 is 0 Å². The van der Waals surface area contributed by atoms with Gasteiger partial charge in [0.15, 0.2) is 0 Å². The number of piperazine rings is 1. The highest BCUT2D eigenvalue weighted by Gasteiger charge is 2.22. The summed E-state index contributed by atoms with van der Waals surface area (Å²) in [6.45, 7) is 2.86. The van der Waals surface area contributed by atoms with Gasteiger partial charge in [0.05, 0.1) is 5.02 Å². The van der Waals surface area contributed by atoms with Crippen LogP contribution in [-0.4, -0.2) is 48.9 Å². The average Bonchev–Trinajstić information content (AvgIpc) is 3.08. The minimum absolute atomic E-state index is 0.0737. The van der Waals surface area contributed by atoms with E-state index in [0.717, 1.165) is 18.7 Å². The first kappa shape index (κ1) is 17.3. The van der Waals surface area contributed by atoms with E-state index in [2.05, 4.69) is 4.90 Å². The molecular formula is C19H18ClN3O2. The zero-order valence-corrected chi connectivity index (χ0v) is 14.7. The van der Waals surface area contributed by atoms with Crippen molar-refractivity contribution < 1.29 is 9.21 Å². The van der Waals surface area contributed by atoms with Gasteiger partial charge in [-0.1, -0.05) is 23.7 Å². The Labute approximate surface area is 151 Å². The van der Waals surface area contributed by atoms with Gasteiger partial charge in [-0.05, 0) is 31.3 Å². The van der Waals surface area contributed by atoms with Gasteiger partial charge in [-0.25, -0.2) is 0 Å². The maximum Gasteiger partial charge on any atom is 0.264 e. The number of benzene rings is 1. The number of carbonyl (C=O) groups excluding carboxylic acids is 1. The minimum Gasteiger partial charge on any atom is -0.457 e. The molecule has 0 atom stereocenters. The number of halogens is 1. The molecule has 1 aliphatic rings.